The number of hydrogen-bond acceptors (Lipinski definition) is 3. The fraction of sp³-hybridized carbons (Fsp3) is 0.273. The predicted octanol–water partition coefficient (Wildman–Crippen LogP) is 2.54. The average Bonchev–Trinajstić information content (AvgIpc) is 2.71. The summed E-state index contributed by atoms with van der Waals surface area (Å²) in [6.07, 6.45) is 3.76. The molecule has 0 spiro atoms. The van der Waals surface area contributed by atoms with Crippen molar-refractivity contribution in [1.82, 2.24) is 9.97 Å². The van der Waals surface area contributed by atoms with Gasteiger partial charge in [0.15, 0.2) is 5.78 Å². The molecular weight excluding hydrogens is 272 g/mol. The molecule has 0 bridgehead atoms. The van der Waals surface area contributed by atoms with Crippen molar-refractivity contribution in [2.75, 3.05) is 13.7 Å². The monoisotopic (exact) mass is 282 g/mol. The third kappa shape index (κ3) is 2.01. The van der Waals surface area contributed by atoms with Crippen molar-refractivity contribution >= 4 is 32.7 Å². The fourth-order valence-electron chi connectivity index (χ4n) is 1.57. The van der Waals surface area contributed by atoms with Crippen molar-refractivity contribution in [3.8, 4) is 0 Å². The number of Topliss-reactive ketones (excluding diaryl/α,β-unsaturated/α-hetero) is 1. The molecular formula is C11H11BrN2O2. The highest BCUT2D eigenvalue weighted by Gasteiger charge is 2.14. The van der Waals surface area contributed by atoms with Gasteiger partial charge in [0, 0.05) is 41.3 Å². The molecule has 0 aromatic carbocycles. The van der Waals surface area contributed by atoms with E-state index in [1.165, 1.54) is 0 Å². The summed E-state index contributed by atoms with van der Waals surface area (Å²) in [6.45, 7) is 0.434. The number of halogens is 1. The topological polar surface area (TPSA) is 55.0 Å². The van der Waals surface area contributed by atoms with E-state index in [1.807, 2.05) is 6.07 Å². The Bertz CT molecular complexity index is 522. The summed E-state index contributed by atoms with van der Waals surface area (Å²) < 4.78 is 5.77. The van der Waals surface area contributed by atoms with Crippen molar-refractivity contribution in [3.63, 3.8) is 0 Å². The number of hydrogen-bond donors (Lipinski definition) is 1. The van der Waals surface area contributed by atoms with Crippen molar-refractivity contribution < 1.29 is 9.53 Å². The van der Waals surface area contributed by atoms with Crippen molar-refractivity contribution in [3.05, 3.63) is 28.5 Å². The number of methoxy groups -OCH3 is 1. The van der Waals surface area contributed by atoms with Gasteiger partial charge in [-0.05, 0) is 22.0 Å². The van der Waals surface area contributed by atoms with E-state index in [0.717, 1.165) is 15.5 Å². The highest BCUT2D eigenvalue weighted by molar-refractivity contribution is 9.10. The Kier molecular flexibility index (Phi) is 3.36. The molecule has 1 N–H and O–H groups in total. The second-order valence-electron chi connectivity index (χ2n) is 3.38. The largest absolute Gasteiger partial charge is 0.384 e. The Morgan fingerprint density at radius 2 is 2.44 bits per heavy atom. The molecule has 0 radical (unpaired) electrons. The molecule has 84 valence electrons. The average molecular weight is 283 g/mol. The van der Waals surface area contributed by atoms with Gasteiger partial charge in [-0.1, -0.05) is 0 Å². The van der Waals surface area contributed by atoms with Crippen LogP contribution in [0.25, 0.3) is 11.0 Å². The van der Waals surface area contributed by atoms with Gasteiger partial charge in [-0.2, -0.15) is 0 Å². The maximum absolute atomic E-state index is 11.9. The number of aromatic nitrogens is 2. The highest BCUT2D eigenvalue weighted by Crippen LogP contribution is 2.26. The SMILES string of the molecule is COCCC(=O)c1c[nH]c2nccc(Br)c12. The number of ether oxygens (including phenoxy) is 1. The fourth-order valence-corrected chi connectivity index (χ4v) is 2.09. The lowest BCUT2D eigenvalue weighted by Gasteiger charge is -1.99. The number of nitrogens with zero attached hydrogens (tertiary/aromatic N) is 1. The predicted molar refractivity (Wildman–Crippen MR) is 64.6 cm³/mol. The number of H-pyrrole nitrogens is 1. The standard InChI is InChI=1S/C11H11BrN2O2/c1-16-5-3-9(15)7-6-14-11-10(7)8(12)2-4-13-11/h2,4,6H,3,5H2,1H3,(H,13,14). The van der Waals surface area contributed by atoms with E-state index in [4.69, 9.17) is 4.74 Å². The Hall–Kier alpha value is -1.20. The molecule has 2 heterocycles. The maximum atomic E-state index is 11.9. The first-order valence-corrected chi connectivity index (χ1v) is 5.67. The van der Waals surface area contributed by atoms with Crippen molar-refractivity contribution in [1.29, 1.82) is 0 Å². The van der Waals surface area contributed by atoms with Crippen LogP contribution >= 0.6 is 15.9 Å². The van der Waals surface area contributed by atoms with Crippen molar-refractivity contribution in [2.24, 2.45) is 0 Å². The zero-order valence-electron chi connectivity index (χ0n) is 8.79. The van der Waals surface area contributed by atoms with E-state index in [9.17, 15) is 4.79 Å². The van der Waals surface area contributed by atoms with Gasteiger partial charge in [0.2, 0.25) is 0 Å². The molecule has 0 aliphatic carbocycles. The van der Waals surface area contributed by atoms with Gasteiger partial charge < -0.3 is 9.72 Å². The first-order chi connectivity index (χ1) is 7.74. The van der Waals surface area contributed by atoms with E-state index in [2.05, 4.69) is 25.9 Å². The number of aromatic amines is 1. The third-order valence-electron chi connectivity index (χ3n) is 2.36. The van der Waals surface area contributed by atoms with Gasteiger partial charge in [-0.25, -0.2) is 4.98 Å². The molecule has 0 atom stereocenters. The van der Waals surface area contributed by atoms with Crippen LogP contribution in [0.5, 0.6) is 0 Å². The Labute approximate surface area is 101 Å². The van der Waals surface area contributed by atoms with Gasteiger partial charge >= 0.3 is 0 Å². The van der Waals surface area contributed by atoms with Crippen LogP contribution in [0.1, 0.15) is 16.8 Å². The summed E-state index contributed by atoms with van der Waals surface area (Å²) in [7, 11) is 1.58. The Morgan fingerprint density at radius 1 is 1.62 bits per heavy atom. The summed E-state index contributed by atoms with van der Waals surface area (Å²) in [6, 6.07) is 1.82. The van der Waals surface area contributed by atoms with Crippen LogP contribution in [-0.2, 0) is 4.74 Å². The number of ketones is 1. The summed E-state index contributed by atoms with van der Waals surface area (Å²) in [4.78, 5) is 19.0. The number of carbonyl (C=O) groups is 1. The molecule has 2 rings (SSSR count). The second-order valence-corrected chi connectivity index (χ2v) is 4.24. The zero-order valence-corrected chi connectivity index (χ0v) is 10.4. The van der Waals surface area contributed by atoms with Crippen LogP contribution in [-0.4, -0.2) is 29.5 Å². The smallest absolute Gasteiger partial charge is 0.167 e. The summed E-state index contributed by atoms with van der Waals surface area (Å²) >= 11 is 3.42. The molecule has 0 amide bonds. The molecule has 4 nitrogen and oxygen atoms in total. The van der Waals surface area contributed by atoms with Crippen LogP contribution in [0, 0.1) is 0 Å². The molecule has 2 aromatic rings. The van der Waals surface area contributed by atoms with E-state index in [-0.39, 0.29) is 5.78 Å². The minimum Gasteiger partial charge on any atom is -0.384 e. The molecule has 0 saturated carbocycles. The Morgan fingerprint density at radius 3 is 3.19 bits per heavy atom. The molecule has 0 aliphatic heterocycles. The molecule has 0 aliphatic rings. The normalized spacial score (nSPS) is 10.9. The Balaban J connectivity index is 2.41. The number of rotatable bonds is 4. The minimum atomic E-state index is 0.0572. The lowest BCUT2D eigenvalue weighted by Crippen LogP contribution is -2.02. The van der Waals surface area contributed by atoms with Crippen LogP contribution in [0.4, 0.5) is 0 Å². The number of carbonyl (C=O) groups excluding carboxylic acids is 1. The second kappa shape index (κ2) is 4.76. The molecule has 16 heavy (non-hydrogen) atoms. The van der Waals surface area contributed by atoms with Crippen molar-refractivity contribution in [2.45, 2.75) is 6.42 Å². The quantitative estimate of drug-likeness (QED) is 0.877. The lowest BCUT2D eigenvalue weighted by molar-refractivity contribution is 0.0934. The molecule has 0 unspecified atom stereocenters. The van der Waals surface area contributed by atoms with Gasteiger partial charge in [0.25, 0.3) is 0 Å². The summed E-state index contributed by atoms with van der Waals surface area (Å²) in [5, 5.41) is 0.837. The van der Waals surface area contributed by atoms with E-state index < -0.39 is 0 Å². The van der Waals surface area contributed by atoms with Gasteiger partial charge in [0.1, 0.15) is 5.65 Å². The minimum absolute atomic E-state index is 0.0572. The van der Waals surface area contributed by atoms with Crippen LogP contribution in [0.2, 0.25) is 0 Å². The number of nitrogens with one attached hydrogen (secondary N) is 1. The highest BCUT2D eigenvalue weighted by atomic mass is 79.9. The third-order valence-corrected chi connectivity index (χ3v) is 3.02. The molecule has 2 aromatic heterocycles. The van der Waals surface area contributed by atoms with Gasteiger partial charge in [0.05, 0.1) is 6.61 Å². The zero-order chi connectivity index (χ0) is 11.5. The van der Waals surface area contributed by atoms with Crippen LogP contribution in [0.3, 0.4) is 0 Å². The first-order valence-electron chi connectivity index (χ1n) is 4.87. The van der Waals surface area contributed by atoms with Gasteiger partial charge in [-0.15, -0.1) is 0 Å². The van der Waals surface area contributed by atoms with Crippen LogP contribution < -0.4 is 0 Å². The number of pyridine rings is 1. The van der Waals surface area contributed by atoms with E-state index >= 15 is 0 Å². The number of fused-ring (bicyclic) bond motifs is 1. The summed E-state index contributed by atoms with van der Waals surface area (Å²) in [5.41, 5.74) is 1.38. The van der Waals surface area contributed by atoms with Crippen LogP contribution in [0.15, 0.2) is 22.9 Å². The molecule has 0 saturated heterocycles. The molecule has 5 heteroatoms. The summed E-state index contributed by atoms with van der Waals surface area (Å²) in [5.74, 6) is 0.0572. The maximum Gasteiger partial charge on any atom is 0.167 e. The lowest BCUT2D eigenvalue weighted by atomic mass is 10.1. The molecule has 0 fully saturated rings. The van der Waals surface area contributed by atoms with E-state index in [0.29, 0.717) is 18.6 Å². The van der Waals surface area contributed by atoms with Gasteiger partial charge in [-0.3, -0.25) is 4.79 Å². The van der Waals surface area contributed by atoms with E-state index in [1.54, 1.807) is 19.5 Å². The first kappa shape index (κ1) is 11.3.